The van der Waals surface area contributed by atoms with Gasteiger partial charge in [0.25, 0.3) is 0 Å². The number of carbonyl (C=O) groups is 2. The summed E-state index contributed by atoms with van der Waals surface area (Å²) in [7, 11) is 3.67. The summed E-state index contributed by atoms with van der Waals surface area (Å²) in [5.74, 6) is 1.34. The van der Waals surface area contributed by atoms with Gasteiger partial charge in [0.1, 0.15) is 36.2 Å². The predicted octanol–water partition coefficient (Wildman–Crippen LogP) is 3.34. The minimum Gasteiger partial charge on any atom is -0.488 e. The molecule has 0 saturated carbocycles. The van der Waals surface area contributed by atoms with E-state index in [0.717, 1.165) is 42.7 Å². The van der Waals surface area contributed by atoms with Crippen LogP contribution in [0.3, 0.4) is 0 Å². The van der Waals surface area contributed by atoms with E-state index >= 15 is 0 Å². The van der Waals surface area contributed by atoms with Gasteiger partial charge in [0.2, 0.25) is 0 Å². The molecule has 0 amide bonds. The van der Waals surface area contributed by atoms with Gasteiger partial charge in [0.15, 0.2) is 6.29 Å². The topological polar surface area (TPSA) is 108 Å². The Morgan fingerprint density at radius 1 is 1.28 bits per heavy atom. The zero-order valence-corrected chi connectivity index (χ0v) is 22.4. The van der Waals surface area contributed by atoms with Gasteiger partial charge in [-0.05, 0) is 50.2 Å². The predicted molar refractivity (Wildman–Crippen MR) is 146 cm³/mol. The van der Waals surface area contributed by atoms with Gasteiger partial charge in [-0.2, -0.15) is 0 Å². The van der Waals surface area contributed by atoms with E-state index in [-0.39, 0.29) is 18.8 Å². The number of aromatic nitrogens is 3. The maximum Gasteiger partial charge on any atom is 0.150 e. The van der Waals surface area contributed by atoms with Crippen molar-refractivity contribution in [1.82, 2.24) is 25.2 Å². The van der Waals surface area contributed by atoms with Gasteiger partial charge in [0.05, 0.1) is 31.1 Å². The normalized spacial score (nSPS) is 15.6. The number of likely N-dealkylation sites (N-methyl/N-ethyl adjacent to an activating group) is 1. The molecule has 0 radical (unpaired) electrons. The maximum absolute atomic E-state index is 11.8. The molecule has 2 aromatic carbocycles. The summed E-state index contributed by atoms with van der Waals surface area (Å²) in [6.07, 6.45) is 5.80. The van der Waals surface area contributed by atoms with E-state index in [1.807, 2.05) is 49.3 Å². The first-order chi connectivity index (χ1) is 19.0. The first-order valence-electron chi connectivity index (χ1n) is 13.0. The largest absolute Gasteiger partial charge is 0.488 e. The molecular weight excluding hydrogens is 498 g/mol. The molecule has 0 aliphatic carbocycles. The smallest absolute Gasteiger partial charge is 0.150 e. The lowest BCUT2D eigenvalue weighted by Crippen LogP contribution is -2.33. The number of benzene rings is 2. The second-order valence-electron chi connectivity index (χ2n) is 9.49. The SMILES string of the molecule is C=C(CCC(C=O)N(C)Cc1c(C=O)cccc1OCc1cn(-c2ccc(O[C@@H]3CCOC3)cc2)nn1)NC. The standard InChI is InChI=1S/C29H35N5O5/c1-21(30-2)7-8-25(18-36)33(3)16-28-22(17-35)5-4-6-29(28)38-19-23-15-34(32-31-23)24-9-11-26(12-10-24)39-27-13-14-37-20-27/h4-6,9-12,15,17-18,25,27,30H,1,7-8,13-14,16,19-20H2,2-3H3/t25?,27-/m1/s1. The van der Waals surface area contributed by atoms with Crippen LogP contribution in [0, 0.1) is 0 Å². The minimum atomic E-state index is -0.328. The van der Waals surface area contributed by atoms with Crippen LogP contribution in [-0.2, 0) is 22.7 Å². The maximum atomic E-state index is 11.8. The van der Waals surface area contributed by atoms with Crippen LogP contribution in [0.15, 0.2) is 60.9 Å². The van der Waals surface area contributed by atoms with Crippen molar-refractivity contribution < 1.29 is 23.8 Å². The number of rotatable bonds is 15. The summed E-state index contributed by atoms with van der Waals surface area (Å²) in [6, 6.07) is 12.6. The molecule has 3 aromatic rings. The van der Waals surface area contributed by atoms with Crippen LogP contribution in [-0.4, -0.2) is 71.9 Å². The summed E-state index contributed by atoms with van der Waals surface area (Å²) in [5.41, 5.74) is 3.56. The number of ether oxygens (including phenoxy) is 3. The summed E-state index contributed by atoms with van der Waals surface area (Å²) < 4.78 is 19.0. The molecule has 10 heteroatoms. The van der Waals surface area contributed by atoms with Gasteiger partial charge in [-0.25, -0.2) is 4.68 Å². The zero-order valence-electron chi connectivity index (χ0n) is 22.4. The van der Waals surface area contributed by atoms with E-state index in [1.165, 1.54) is 0 Å². The molecule has 1 saturated heterocycles. The number of aldehydes is 2. The summed E-state index contributed by atoms with van der Waals surface area (Å²) in [5, 5.41) is 11.5. The third-order valence-corrected chi connectivity index (χ3v) is 6.73. The Morgan fingerprint density at radius 2 is 2.10 bits per heavy atom. The van der Waals surface area contributed by atoms with Crippen molar-refractivity contribution in [2.24, 2.45) is 0 Å². The Hall–Kier alpha value is -4.02. The molecule has 1 aromatic heterocycles. The van der Waals surface area contributed by atoms with Crippen molar-refractivity contribution >= 4 is 12.6 Å². The molecule has 1 fully saturated rings. The van der Waals surface area contributed by atoms with Gasteiger partial charge in [-0.15, -0.1) is 5.10 Å². The highest BCUT2D eigenvalue weighted by Crippen LogP contribution is 2.25. The van der Waals surface area contributed by atoms with Crippen LogP contribution >= 0.6 is 0 Å². The van der Waals surface area contributed by atoms with Gasteiger partial charge in [-0.3, -0.25) is 9.69 Å². The van der Waals surface area contributed by atoms with Crippen molar-refractivity contribution in [1.29, 1.82) is 0 Å². The van der Waals surface area contributed by atoms with E-state index in [4.69, 9.17) is 14.2 Å². The van der Waals surface area contributed by atoms with Gasteiger partial charge >= 0.3 is 0 Å². The highest BCUT2D eigenvalue weighted by molar-refractivity contribution is 5.78. The molecule has 10 nitrogen and oxygen atoms in total. The fourth-order valence-electron chi connectivity index (χ4n) is 4.32. The average Bonchev–Trinajstić information content (AvgIpc) is 3.65. The van der Waals surface area contributed by atoms with Crippen molar-refractivity contribution in [3.63, 3.8) is 0 Å². The lowest BCUT2D eigenvalue weighted by molar-refractivity contribution is -0.112. The molecular formula is C29H35N5O5. The second-order valence-corrected chi connectivity index (χ2v) is 9.49. The fraction of sp³-hybridized carbons (Fsp3) is 0.379. The first-order valence-corrected chi connectivity index (χ1v) is 13.0. The van der Waals surface area contributed by atoms with Crippen LogP contribution in [0.2, 0.25) is 0 Å². The van der Waals surface area contributed by atoms with Crippen molar-refractivity contribution in [2.75, 3.05) is 27.3 Å². The summed E-state index contributed by atoms with van der Waals surface area (Å²) >= 11 is 0. The number of hydrogen-bond acceptors (Lipinski definition) is 9. The van der Waals surface area contributed by atoms with Crippen LogP contribution in [0.1, 0.15) is 40.9 Å². The monoisotopic (exact) mass is 533 g/mol. The summed E-state index contributed by atoms with van der Waals surface area (Å²) in [4.78, 5) is 25.5. The Balaban J connectivity index is 1.40. The van der Waals surface area contributed by atoms with Crippen molar-refractivity contribution in [3.8, 4) is 17.2 Å². The van der Waals surface area contributed by atoms with E-state index in [0.29, 0.717) is 48.6 Å². The lowest BCUT2D eigenvalue weighted by atomic mass is 10.0. The highest BCUT2D eigenvalue weighted by atomic mass is 16.5. The molecule has 1 aliphatic rings. The van der Waals surface area contributed by atoms with E-state index < -0.39 is 0 Å². The molecule has 4 rings (SSSR count). The molecule has 1 unspecified atom stereocenters. The molecule has 2 atom stereocenters. The Kier molecular flexibility index (Phi) is 9.82. The third kappa shape index (κ3) is 7.52. The van der Waals surface area contributed by atoms with Gasteiger partial charge in [-0.1, -0.05) is 23.9 Å². The molecule has 206 valence electrons. The average molecular weight is 534 g/mol. The van der Waals surface area contributed by atoms with Crippen LogP contribution < -0.4 is 14.8 Å². The van der Waals surface area contributed by atoms with Gasteiger partial charge < -0.3 is 24.3 Å². The molecule has 1 aliphatic heterocycles. The molecule has 0 spiro atoms. The van der Waals surface area contributed by atoms with E-state index in [2.05, 4.69) is 22.2 Å². The molecule has 39 heavy (non-hydrogen) atoms. The van der Waals surface area contributed by atoms with Crippen molar-refractivity contribution in [3.05, 3.63) is 77.8 Å². The molecule has 1 N–H and O–H groups in total. The minimum absolute atomic E-state index is 0.0936. The third-order valence-electron chi connectivity index (χ3n) is 6.73. The number of allylic oxidation sites excluding steroid dienone is 1. The molecule has 2 heterocycles. The lowest BCUT2D eigenvalue weighted by Gasteiger charge is -2.25. The van der Waals surface area contributed by atoms with Gasteiger partial charge in [0, 0.05) is 36.8 Å². The Bertz CT molecular complexity index is 1250. The van der Waals surface area contributed by atoms with Crippen LogP contribution in [0.25, 0.3) is 5.69 Å². The highest BCUT2D eigenvalue weighted by Gasteiger charge is 2.19. The Labute approximate surface area is 228 Å². The van der Waals surface area contributed by atoms with E-state index in [1.54, 1.807) is 23.0 Å². The summed E-state index contributed by atoms with van der Waals surface area (Å²) in [6.45, 7) is 5.81. The number of carbonyl (C=O) groups excluding carboxylic acids is 2. The number of hydrogen-bond donors (Lipinski definition) is 1. The van der Waals surface area contributed by atoms with Crippen molar-refractivity contribution in [2.45, 2.75) is 44.6 Å². The van der Waals surface area contributed by atoms with Crippen LogP contribution in [0.4, 0.5) is 0 Å². The van der Waals surface area contributed by atoms with E-state index in [9.17, 15) is 9.59 Å². The Morgan fingerprint density at radius 3 is 2.79 bits per heavy atom. The second kappa shape index (κ2) is 13.7. The quantitative estimate of drug-likeness (QED) is 0.294. The number of nitrogens with one attached hydrogen (secondary N) is 1. The molecule has 0 bridgehead atoms. The first kappa shape index (κ1) is 28.0. The van der Waals surface area contributed by atoms with Crippen LogP contribution in [0.5, 0.6) is 11.5 Å². The number of nitrogens with zero attached hydrogens (tertiary/aromatic N) is 4. The zero-order chi connectivity index (χ0) is 27.6. The fourth-order valence-corrected chi connectivity index (χ4v) is 4.32.